The van der Waals surface area contributed by atoms with Gasteiger partial charge in [0.2, 0.25) is 0 Å². The lowest BCUT2D eigenvalue weighted by Crippen LogP contribution is -2.48. The Bertz CT molecular complexity index is 554. The minimum absolute atomic E-state index is 0.417. The number of aromatic nitrogens is 1. The van der Waals surface area contributed by atoms with Crippen LogP contribution < -0.4 is 5.32 Å². The van der Waals surface area contributed by atoms with Crippen molar-refractivity contribution in [2.75, 3.05) is 19.6 Å². The van der Waals surface area contributed by atoms with Crippen LogP contribution in [0.1, 0.15) is 23.8 Å². The van der Waals surface area contributed by atoms with E-state index in [9.17, 15) is 0 Å². The molecular weight excluding hydrogens is 210 g/mol. The van der Waals surface area contributed by atoms with Crippen molar-refractivity contribution in [3.63, 3.8) is 0 Å². The molecule has 2 aliphatic rings. The average molecular weight is 227 g/mol. The minimum atomic E-state index is 0.417. The second-order valence-electron chi connectivity index (χ2n) is 5.06. The van der Waals surface area contributed by atoms with Gasteiger partial charge in [-0.1, -0.05) is 18.2 Å². The first-order chi connectivity index (χ1) is 8.43. The van der Waals surface area contributed by atoms with Gasteiger partial charge in [0.25, 0.3) is 0 Å². The summed E-state index contributed by atoms with van der Waals surface area (Å²) in [5, 5.41) is 5.04. The zero-order valence-corrected chi connectivity index (χ0v) is 9.87. The maximum absolute atomic E-state index is 3.63. The fourth-order valence-electron chi connectivity index (χ4n) is 3.07. The molecule has 1 atom stereocenters. The molecule has 17 heavy (non-hydrogen) atoms. The van der Waals surface area contributed by atoms with Gasteiger partial charge >= 0.3 is 0 Å². The Morgan fingerprint density at radius 1 is 1.18 bits per heavy atom. The van der Waals surface area contributed by atoms with Crippen LogP contribution in [-0.4, -0.2) is 29.5 Å². The number of para-hydroxylation sites is 1. The summed E-state index contributed by atoms with van der Waals surface area (Å²) < 4.78 is 0. The van der Waals surface area contributed by atoms with Gasteiger partial charge in [0.05, 0.1) is 5.69 Å². The van der Waals surface area contributed by atoms with E-state index in [1.54, 1.807) is 0 Å². The second kappa shape index (κ2) is 3.59. The number of likely N-dealkylation sites (tertiary alicyclic amines) is 1. The van der Waals surface area contributed by atoms with Gasteiger partial charge < -0.3 is 4.98 Å². The van der Waals surface area contributed by atoms with Gasteiger partial charge in [-0.2, -0.15) is 0 Å². The van der Waals surface area contributed by atoms with Crippen LogP contribution in [0.3, 0.4) is 0 Å². The van der Waals surface area contributed by atoms with Crippen LogP contribution >= 0.6 is 0 Å². The minimum Gasteiger partial charge on any atom is -0.356 e. The molecule has 0 aliphatic carbocycles. The third-order valence-electron chi connectivity index (χ3n) is 4.09. The number of hydrogen-bond acceptors (Lipinski definition) is 2. The lowest BCUT2D eigenvalue weighted by atomic mass is 10.0. The third-order valence-corrected chi connectivity index (χ3v) is 4.09. The molecular formula is C14H17N3. The van der Waals surface area contributed by atoms with Gasteiger partial charge in [-0.3, -0.25) is 10.2 Å². The molecule has 2 aromatic rings. The topological polar surface area (TPSA) is 31.1 Å². The predicted octanol–water partition coefficient (Wildman–Crippen LogP) is 2.02. The molecule has 1 saturated heterocycles. The highest BCUT2D eigenvalue weighted by atomic mass is 15.3. The van der Waals surface area contributed by atoms with E-state index in [0.29, 0.717) is 6.17 Å². The summed E-state index contributed by atoms with van der Waals surface area (Å²) in [6.45, 7) is 3.55. The van der Waals surface area contributed by atoms with E-state index in [1.165, 1.54) is 41.7 Å². The maximum Gasteiger partial charge on any atom is 0.102 e. The molecule has 0 amide bonds. The van der Waals surface area contributed by atoms with Crippen LogP contribution in [0.5, 0.6) is 0 Å². The van der Waals surface area contributed by atoms with Crippen molar-refractivity contribution >= 4 is 10.9 Å². The van der Waals surface area contributed by atoms with E-state index < -0.39 is 0 Å². The standard InChI is InChI=1S/C14H17N3/c1-2-5-12-10(4-1)11-6-7-15-14(13(11)16-12)17-8-3-9-17/h1-2,4-5,14-16H,3,6-9H2. The molecule has 4 rings (SSSR count). The van der Waals surface area contributed by atoms with Crippen LogP contribution in [0.25, 0.3) is 10.9 Å². The molecule has 0 radical (unpaired) electrons. The average Bonchev–Trinajstić information content (AvgIpc) is 2.67. The SMILES string of the molecule is c1ccc2c3c([nH]c2c1)C(N1CCC1)NCC3. The largest absolute Gasteiger partial charge is 0.356 e. The van der Waals surface area contributed by atoms with Crippen molar-refractivity contribution in [3.05, 3.63) is 35.5 Å². The van der Waals surface area contributed by atoms with Crippen molar-refractivity contribution in [3.8, 4) is 0 Å². The number of nitrogens with zero attached hydrogens (tertiary/aromatic N) is 1. The number of hydrogen-bond donors (Lipinski definition) is 2. The highest BCUT2D eigenvalue weighted by Gasteiger charge is 2.31. The van der Waals surface area contributed by atoms with Crippen LogP contribution in [0.15, 0.2) is 24.3 Å². The second-order valence-corrected chi connectivity index (χ2v) is 5.06. The van der Waals surface area contributed by atoms with Gasteiger partial charge in [-0.15, -0.1) is 0 Å². The van der Waals surface area contributed by atoms with Crippen molar-refractivity contribution < 1.29 is 0 Å². The number of nitrogens with one attached hydrogen (secondary N) is 2. The molecule has 2 aliphatic heterocycles. The fourth-order valence-corrected chi connectivity index (χ4v) is 3.07. The Hall–Kier alpha value is -1.32. The molecule has 3 nitrogen and oxygen atoms in total. The Morgan fingerprint density at radius 2 is 2.06 bits per heavy atom. The number of rotatable bonds is 1. The number of fused-ring (bicyclic) bond motifs is 3. The smallest absolute Gasteiger partial charge is 0.102 e. The Balaban J connectivity index is 1.86. The van der Waals surface area contributed by atoms with Crippen LogP contribution in [0.4, 0.5) is 0 Å². The fraction of sp³-hybridized carbons (Fsp3) is 0.429. The molecule has 0 spiro atoms. The Morgan fingerprint density at radius 3 is 2.88 bits per heavy atom. The lowest BCUT2D eigenvalue weighted by Gasteiger charge is -2.40. The zero-order valence-electron chi connectivity index (χ0n) is 9.87. The van der Waals surface area contributed by atoms with Crippen LogP contribution in [-0.2, 0) is 6.42 Å². The predicted molar refractivity (Wildman–Crippen MR) is 68.9 cm³/mol. The number of H-pyrrole nitrogens is 1. The van der Waals surface area contributed by atoms with Gasteiger partial charge in [0, 0.05) is 30.5 Å². The van der Waals surface area contributed by atoms with E-state index in [0.717, 1.165) is 13.0 Å². The van der Waals surface area contributed by atoms with Crippen molar-refractivity contribution in [1.82, 2.24) is 15.2 Å². The molecule has 1 aromatic heterocycles. The van der Waals surface area contributed by atoms with E-state index in [2.05, 4.69) is 39.5 Å². The summed E-state index contributed by atoms with van der Waals surface area (Å²) in [7, 11) is 0. The molecule has 1 aromatic carbocycles. The van der Waals surface area contributed by atoms with Gasteiger partial charge in [-0.25, -0.2) is 0 Å². The quantitative estimate of drug-likeness (QED) is 0.781. The normalized spacial score (nSPS) is 24.6. The summed E-state index contributed by atoms with van der Waals surface area (Å²) in [4.78, 5) is 6.13. The van der Waals surface area contributed by atoms with E-state index in [1.807, 2.05) is 0 Å². The zero-order chi connectivity index (χ0) is 11.2. The first kappa shape index (κ1) is 9.68. The number of aromatic amines is 1. The van der Waals surface area contributed by atoms with Gasteiger partial charge in [0.1, 0.15) is 6.17 Å². The van der Waals surface area contributed by atoms with E-state index >= 15 is 0 Å². The molecule has 0 bridgehead atoms. The molecule has 1 unspecified atom stereocenters. The molecule has 0 saturated carbocycles. The van der Waals surface area contributed by atoms with Gasteiger partial charge in [-0.05, 0) is 24.5 Å². The first-order valence-electron chi connectivity index (χ1n) is 6.50. The monoisotopic (exact) mass is 227 g/mol. The molecule has 1 fully saturated rings. The summed E-state index contributed by atoms with van der Waals surface area (Å²) in [5.41, 5.74) is 4.21. The van der Waals surface area contributed by atoms with E-state index in [-0.39, 0.29) is 0 Å². The molecule has 3 heteroatoms. The number of benzene rings is 1. The Kier molecular flexibility index (Phi) is 2.04. The van der Waals surface area contributed by atoms with Gasteiger partial charge in [0.15, 0.2) is 0 Å². The lowest BCUT2D eigenvalue weighted by molar-refractivity contribution is 0.0882. The highest BCUT2D eigenvalue weighted by Crippen LogP contribution is 2.33. The highest BCUT2D eigenvalue weighted by molar-refractivity contribution is 5.85. The molecule has 3 heterocycles. The Labute approximate surface area is 101 Å². The maximum atomic E-state index is 3.63. The van der Waals surface area contributed by atoms with Crippen molar-refractivity contribution in [2.45, 2.75) is 19.0 Å². The van der Waals surface area contributed by atoms with E-state index in [4.69, 9.17) is 0 Å². The van der Waals surface area contributed by atoms with Crippen molar-refractivity contribution in [2.24, 2.45) is 0 Å². The molecule has 88 valence electrons. The summed E-state index contributed by atoms with van der Waals surface area (Å²) in [6.07, 6.45) is 2.90. The first-order valence-corrected chi connectivity index (χ1v) is 6.50. The third kappa shape index (κ3) is 1.36. The van der Waals surface area contributed by atoms with Crippen molar-refractivity contribution in [1.29, 1.82) is 0 Å². The summed E-state index contributed by atoms with van der Waals surface area (Å²) >= 11 is 0. The molecule has 2 N–H and O–H groups in total. The summed E-state index contributed by atoms with van der Waals surface area (Å²) in [6, 6.07) is 8.66. The van der Waals surface area contributed by atoms with Crippen LogP contribution in [0, 0.1) is 0 Å². The van der Waals surface area contributed by atoms with Crippen LogP contribution in [0.2, 0.25) is 0 Å². The summed E-state index contributed by atoms with van der Waals surface area (Å²) in [5.74, 6) is 0.